The molecule has 1 aromatic heterocycles. The summed E-state index contributed by atoms with van der Waals surface area (Å²) in [6.07, 6.45) is 2.73. The summed E-state index contributed by atoms with van der Waals surface area (Å²) in [6, 6.07) is 2.20. The number of nitrogens with two attached hydrogens (primary N) is 1. The highest BCUT2D eigenvalue weighted by atomic mass is 32.2. The lowest BCUT2D eigenvalue weighted by Crippen LogP contribution is -2.40. The van der Waals surface area contributed by atoms with E-state index in [4.69, 9.17) is 5.73 Å². The minimum absolute atomic E-state index is 0.244. The maximum Gasteiger partial charge on any atom is 0.263 e. The van der Waals surface area contributed by atoms with Gasteiger partial charge in [0.1, 0.15) is 0 Å². The highest BCUT2D eigenvalue weighted by Gasteiger charge is 2.36. The molecule has 2 heterocycles. The van der Waals surface area contributed by atoms with Gasteiger partial charge in [0.2, 0.25) is 5.03 Å². The van der Waals surface area contributed by atoms with E-state index >= 15 is 0 Å². The van der Waals surface area contributed by atoms with Gasteiger partial charge in [-0.3, -0.25) is 0 Å². The normalized spacial score (nSPS) is 21.9. The van der Waals surface area contributed by atoms with Crippen molar-refractivity contribution in [1.82, 2.24) is 9.29 Å². The molecule has 1 unspecified atom stereocenters. The fourth-order valence-corrected chi connectivity index (χ4v) is 3.72. The van der Waals surface area contributed by atoms with Crippen molar-refractivity contribution in [1.29, 1.82) is 0 Å². The van der Waals surface area contributed by atoms with Crippen LogP contribution in [0.1, 0.15) is 12.8 Å². The highest BCUT2D eigenvalue weighted by Crippen LogP contribution is 2.25. The summed E-state index contributed by atoms with van der Waals surface area (Å²) in [5, 5.41) is -0.514. The minimum Gasteiger partial charge on any atom is -0.329 e. The first-order valence-electron chi connectivity index (χ1n) is 5.40. The van der Waals surface area contributed by atoms with Gasteiger partial charge in [0.05, 0.1) is 0 Å². The molecular weight excluding hydrogens is 245 g/mol. The monoisotopic (exact) mass is 259 g/mol. The van der Waals surface area contributed by atoms with Crippen LogP contribution in [0.25, 0.3) is 0 Å². The van der Waals surface area contributed by atoms with E-state index in [-0.39, 0.29) is 12.6 Å². The molecule has 2 N–H and O–H groups in total. The number of aromatic nitrogens is 1. The van der Waals surface area contributed by atoms with Crippen LogP contribution in [0.15, 0.2) is 23.4 Å². The number of rotatable bonds is 3. The first-order valence-corrected chi connectivity index (χ1v) is 6.84. The van der Waals surface area contributed by atoms with Crippen molar-refractivity contribution < 1.29 is 12.8 Å². The molecule has 0 aliphatic carbocycles. The summed E-state index contributed by atoms with van der Waals surface area (Å²) in [4.78, 5) is 3.62. The fourth-order valence-electron chi connectivity index (χ4n) is 2.03. The lowest BCUT2D eigenvalue weighted by atomic mass is 10.2. The average molecular weight is 259 g/mol. The molecule has 1 aromatic rings. The average Bonchev–Trinajstić information content (AvgIpc) is 2.78. The molecule has 0 aromatic carbocycles. The van der Waals surface area contributed by atoms with Gasteiger partial charge in [0, 0.05) is 25.3 Å². The van der Waals surface area contributed by atoms with Gasteiger partial charge in [-0.05, 0) is 25.0 Å². The fraction of sp³-hybridized carbons (Fsp3) is 0.500. The molecular formula is C10H14FN3O2S. The van der Waals surface area contributed by atoms with Crippen LogP contribution >= 0.6 is 0 Å². The standard InChI is InChI=1S/C10H14FN3O2S/c11-9-4-1-5-13-10(9)17(15,16)14-6-2-3-8(14)7-12/h1,4-5,8H,2-3,6-7,12H2. The summed E-state index contributed by atoms with van der Waals surface area (Å²) in [6.45, 7) is 0.619. The number of halogens is 1. The SMILES string of the molecule is NCC1CCCN1S(=O)(=O)c1ncccc1F. The Morgan fingerprint density at radius 1 is 1.59 bits per heavy atom. The second-order valence-corrected chi connectivity index (χ2v) is 5.74. The van der Waals surface area contributed by atoms with Gasteiger partial charge in [0.15, 0.2) is 5.82 Å². The summed E-state index contributed by atoms with van der Waals surface area (Å²) in [5.41, 5.74) is 5.52. The largest absolute Gasteiger partial charge is 0.329 e. The van der Waals surface area contributed by atoms with Crippen LogP contribution in [0, 0.1) is 5.82 Å². The van der Waals surface area contributed by atoms with Gasteiger partial charge in [-0.25, -0.2) is 17.8 Å². The zero-order chi connectivity index (χ0) is 12.5. The van der Waals surface area contributed by atoms with Gasteiger partial charge in [-0.1, -0.05) is 0 Å². The maximum atomic E-state index is 13.5. The Kier molecular flexibility index (Phi) is 3.41. The van der Waals surface area contributed by atoms with Crippen LogP contribution in [-0.4, -0.2) is 36.8 Å². The van der Waals surface area contributed by atoms with Crippen LogP contribution in [-0.2, 0) is 10.0 Å². The predicted molar refractivity (Wildman–Crippen MR) is 60.2 cm³/mol. The van der Waals surface area contributed by atoms with Crippen LogP contribution < -0.4 is 5.73 Å². The number of nitrogens with zero attached hydrogens (tertiary/aromatic N) is 2. The van der Waals surface area contributed by atoms with Crippen molar-refractivity contribution in [2.45, 2.75) is 23.9 Å². The van der Waals surface area contributed by atoms with Gasteiger partial charge in [0.25, 0.3) is 10.0 Å². The Balaban J connectivity index is 2.40. The molecule has 94 valence electrons. The third kappa shape index (κ3) is 2.18. The van der Waals surface area contributed by atoms with Crippen molar-refractivity contribution in [3.63, 3.8) is 0 Å². The Morgan fingerprint density at radius 3 is 3.00 bits per heavy atom. The molecule has 1 saturated heterocycles. The van der Waals surface area contributed by atoms with Crippen molar-refractivity contribution in [3.05, 3.63) is 24.1 Å². The molecule has 0 amide bonds. The van der Waals surface area contributed by atoms with E-state index in [1.807, 2.05) is 0 Å². The summed E-state index contributed by atoms with van der Waals surface area (Å²) in [7, 11) is -3.86. The van der Waals surface area contributed by atoms with E-state index in [2.05, 4.69) is 4.98 Å². The van der Waals surface area contributed by atoms with Crippen molar-refractivity contribution in [3.8, 4) is 0 Å². The summed E-state index contributed by atoms with van der Waals surface area (Å²) in [5.74, 6) is -0.824. The van der Waals surface area contributed by atoms with Gasteiger partial charge in [-0.15, -0.1) is 0 Å². The zero-order valence-corrected chi connectivity index (χ0v) is 10.0. The van der Waals surface area contributed by atoms with Gasteiger partial charge >= 0.3 is 0 Å². The number of sulfonamides is 1. The second-order valence-electron chi connectivity index (χ2n) is 3.94. The van der Waals surface area contributed by atoms with Crippen molar-refractivity contribution in [2.24, 2.45) is 5.73 Å². The quantitative estimate of drug-likeness (QED) is 0.849. The third-order valence-electron chi connectivity index (χ3n) is 2.87. The van der Waals surface area contributed by atoms with Crippen molar-refractivity contribution >= 4 is 10.0 Å². The van der Waals surface area contributed by atoms with Gasteiger partial charge in [-0.2, -0.15) is 4.31 Å². The number of hydrogen-bond acceptors (Lipinski definition) is 4. The van der Waals surface area contributed by atoms with E-state index in [0.717, 1.165) is 12.5 Å². The van der Waals surface area contributed by atoms with E-state index in [0.29, 0.717) is 13.0 Å². The van der Waals surface area contributed by atoms with Gasteiger partial charge < -0.3 is 5.73 Å². The van der Waals surface area contributed by atoms with Crippen LogP contribution in [0.5, 0.6) is 0 Å². The van der Waals surface area contributed by atoms with Crippen LogP contribution in [0.4, 0.5) is 4.39 Å². The Morgan fingerprint density at radius 2 is 2.35 bits per heavy atom. The Labute approximate surface area is 99.5 Å². The lowest BCUT2D eigenvalue weighted by Gasteiger charge is -2.22. The van der Waals surface area contributed by atoms with Crippen molar-refractivity contribution in [2.75, 3.05) is 13.1 Å². The first kappa shape index (κ1) is 12.4. The molecule has 1 fully saturated rings. The number of pyridine rings is 1. The summed E-state index contributed by atoms with van der Waals surface area (Å²) >= 11 is 0. The molecule has 0 spiro atoms. The minimum atomic E-state index is -3.86. The van der Waals surface area contributed by atoms with Crippen LogP contribution in [0.3, 0.4) is 0 Å². The molecule has 0 bridgehead atoms. The molecule has 2 rings (SSSR count). The molecule has 5 nitrogen and oxygen atoms in total. The van der Waals surface area contributed by atoms with E-state index < -0.39 is 20.9 Å². The zero-order valence-electron chi connectivity index (χ0n) is 9.21. The molecule has 1 aliphatic heterocycles. The topological polar surface area (TPSA) is 76.3 Å². The van der Waals surface area contributed by atoms with E-state index in [1.54, 1.807) is 0 Å². The summed E-state index contributed by atoms with van der Waals surface area (Å²) < 4.78 is 39.1. The second kappa shape index (κ2) is 4.67. The third-order valence-corrected chi connectivity index (χ3v) is 4.76. The Bertz CT molecular complexity index is 506. The predicted octanol–water partition coefficient (Wildman–Crippen LogP) is 0.333. The molecule has 1 aliphatic rings. The van der Waals surface area contributed by atoms with E-state index in [9.17, 15) is 12.8 Å². The molecule has 17 heavy (non-hydrogen) atoms. The number of hydrogen-bond donors (Lipinski definition) is 1. The maximum absolute atomic E-state index is 13.5. The smallest absolute Gasteiger partial charge is 0.263 e. The first-order chi connectivity index (χ1) is 8.07. The molecule has 0 saturated carbocycles. The highest BCUT2D eigenvalue weighted by molar-refractivity contribution is 7.89. The van der Waals surface area contributed by atoms with E-state index in [1.165, 1.54) is 16.6 Å². The molecule has 7 heteroatoms. The molecule has 1 atom stereocenters. The lowest BCUT2D eigenvalue weighted by molar-refractivity contribution is 0.387. The van der Waals surface area contributed by atoms with Crippen LogP contribution in [0.2, 0.25) is 0 Å². The molecule has 0 radical (unpaired) electrons. The Hall–Kier alpha value is -1.05.